The van der Waals surface area contributed by atoms with Gasteiger partial charge in [-0.2, -0.15) is 0 Å². The molecule has 2 rings (SSSR count). The van der Waals surface area contributed by atoms with Gasteiger partial charge in [-0.25, -0.2) is 0 Å². The third kappa shape index (κ3) is 2.84. The summed E-state index contributed by atoms with van der Waals surface area (Å²) in [6.45, 7) is 8.81. The Hall–Kier alpha value is -0.250. The zero-order chi connectivity index (χ0) is 13.3. The largest absolute Gasteiger partial charge is 0.365 e. The van der Waals surface area contributed by atoms with Gasteiger partial charge in [0.1, 0.15) is 0 Å². The van der Waals surface area contributed by atoms with Gasteiger partial charge in [-0.05, 0) is 40.9 Å². The van der Waals surface area contributed by atoms with Gasteiger partial charge in [0.15, 0.2) is 0 Å². The van der Waals surface area contributed by atoms with Crippen LogP contribution in [0.3, 0.4) is 0 Å². The molecule has 0 aliphatic carbocycles. The summed E-state index contributed by atoms with van der Waals surface area (Å²) in [6.07, 6.45) is 0. The normalized spacial score (nSPS) is 24.7. The molecule has 0 radical (unpaired) electrons. The van der Waals surface area contributed by atoms with Crippen LogP contribution in [0.15, 0.2) is 22.7 Å². The molecule has 0 aromatic heterocycles. The van der Waals surface area contributed by atoms with Gasteiger partial charge >= 0.3 is 0 Å². The van der Waals surface area contributed by atoms with Gasteiger partial charge in [0.2, 0.25) is 0 Å². The summed E-state index contributed by atoms with van der Waals surface area (Å²) < 4.78 is 1.01. The third-order valence-corrected chi connectivity index (χ3v) is 4.93. The van der Waals surface area contributed by atoms with E-state index in [1.54, 1.807) is 0 Å². The van der Waals surface area contributed by atoms with Crippen molar-refractivity contribution in [1.29, 1.82) is 0 Å². The van der Waals surface area contributed by atoms with Crippen molar-refractivity contribution in [2.24, 2.45) is 5.92 Å². The minimum Gasteiger partial charge on any atom is -0.365 e. The van der Waals surface area contributed by atoms with Gasteiger partial charge in [-0.1, -0.05) is 31.5 Å². The van der Waals surface area contributed by atoms with Crippen LogP contribution in [0.5, 0.6) is 0 Å². The molecule has 2 unspecified atom stereocenters. The van der Waals surface area contributed by atoms with E-state index in [1.165, 1.54) is 5.69 Å². The molecule has 4 heteroatoms. The Morgan fingerprint density at radius 1 is 1.44 bits per heavy atom. The lowest BCUT2D eigenvalue weighted by Crippen LogP contribution is -2.57. The van der Waals surface area contributed by atoms with Crippen LogP contribution < -0.4 is 10.2 Å². The van der Waals surface area contributed by atoms with Gasteiger partial charge in [-0.3, -0.25) is 0 Å². The fourth-order valence-electron chi connectivity index (χ4n) is 2.51. The predicted octanol–water partition coefficient (Wildman–Crippen LogP) is 3.93. The summed E-state index contributed by atoms with van der Waals surface area (Å²) in [4.78, 5) is 2.47. The van der Waals surface area contributed by atoms with Crippen LogP contribution in [-0.4, -0.2) is 25.2 Å². The van der Waals surface area contributed by atoms with Gasteiger partial charge < -0.3 is 10.2 Å². The molecule has 1 fully saturated rings. The molecule has 1 aromatic carbocycles. The van der Waals surface area contributed by atoms with Crippen LogP contribution in [0.25, 0.3) is 0 Å². The Morgan fingerprint density at radius 2 is 2.17 bits per heavy atom. The average molecular weight is 332 g/mol. The van der Waals surface area contributed by atoms with Crippen molar-refractivity contribution in [3.8, 4) is 0 Å². The van der Waals surface area contributed by atoms with Gasteiger partial charge in [-0.15, -0.1) is 0 Å². The maximum absolute atomic E-state index is 6.21. The van der Waals surface area contributed by atoms with E-state index in [2.05, 4.69) is 53.0 Å². The maximum Gasteiger partial charge on any atom is 0.0595 e. The number of halogens is 2. The third-order valence-electron chi connectivity index (χ3n) is 3.56. The SMILES string of the molecule is CC1CN(c2cccc(Cl)c2Br)C(C(C)C)CN1. The summed E-state index contributed by atoms with van der Waals surface area (Å²) >= 11 is 9.83. The van der Waals surface area contributed by atoms with E-state index < -0.39 is 0 Å². The van der Waals surface area contributed by atoms with E-state index >= 15 is 0 Å². The highest BCUT2D eigenvalue weighted by Crippen LogP contribution is 2.35. The average Bonchev–Trinajstić information content (AvgIpc) is 2.32. The predicted molar refractivity (Wildman–Crippen MR) is 82.6 cm³/mol. The molecule has 0 saturated carbocycles. The van der Waals surface area contributed by atoms with Crippen LogP contribution >= 0.6 is 27.5 Å². The second kappa shape index (κ2) is 5.81. The second-order valence-electron chi connectivity index (χ2n) is 5.35. The summed E-state index contributed by atoms with van der Waals surface area (Å²) in [6, 6.07) is 7.10. The van der Waals surface area contributed by atoms with Crippen molar-refractivity contribution in [3.63, 3.8) is 0 Å². The molecule has 1 N–H and O–H groups in total. The Kier molecular flexibility index (Phi) is 4.57. The number of hydrogen-bond donors (Lipinski definition) is 1. The first-order valence-corrected chi connectivity index (χ1v) is 7.62. The first kappa shape index (κ1) is 14.2. The number of anilines is 1. The van der Waals surface area contributed by atoms with Gasteiger partial charge in [0.25, 0.3) is 0 Å². The number of hydrogen-bond acceptors (Lipinski definition) is 2. The lowest BCUT2D eigenvalue weighted by Gasteiger charge is -2.43. The van der Waals surface area contributed by atoms with E-state index in [4.69, 9.17) is 11.6 Å². The molecule has 1 aromatic rings. The second-order valence-corrected chi connectivity index (χ2v) is 6.55. The molecule has 0 amide bonds. The highest BCUT2D eigenvalue weighted by Gasteiger charge is 2.29. The standard InChI is InChI=1S/C14H20BrClN2/c1-9(2)13-7-17-10(3)8-18(13)12-6-4-5-11(16)14(12)15/h4-6,9-10,13,17H,7-8H2,1-3H3. The summed E-state index contributed by atoms with van der Waals surface area (Å²) in [7, 11) is 0. The van der Waals surface area contributed by atoms with Crippen molar-refractivity contribution in [3.05, 3.63) is 27.7 Å². The molecular weight excluding hydrogens is 312 g/mol. The first-order valence-electron chi connectivity index (χ1n) is 6.44. The first-order chi connectivity index (χ1) is 8.50. The molecule has 18 heavy (non-hydrogen) atoms. The van der Waals surface area contributed by atoms with E-state index in [-0.39, 0.29) is 0 Å². The van der Waals surface area contributed by atoms with Crippen LogP contribution in [-0.2, 0) is 0 Å². The van der Waals surface area contributed by atoms with E-state index in [0.29, 0.717) is 18.0 Å². The topological polar surface area (TPSA) is 15.3 Å². The van der Waals surface area contributed by atoms with E-state index in [9.17, 15) is 0 Å². The Morgan fingerprint density at radius 3 is 2.83 bits per heavy atom. The quantitative estimate of drug-likeness (QED) is 0.883. The summed E-state index contributed by atoms with van der Waals surface area (Å²) in [5, 5.41) is 4.34. The number of benzene rings is 1. The number of nitrogens with one attached hydrogen (secondary N) is 1. The molecule has 0 spiro atoms. The Bertz CT molecular complexity index is 422. The van der Waals surface area contributed by atoms with Crippen molar-refractivity contribution in [2.45, 2.75) is 32.9 Å². The molecular formula is C14H20BrClN2. The smallest absolute Gasteiger partial charge is 0.0595 e. The van der Waals surface area contributed by atoms with Crippen molar-refractivity contribution >= 4 is 33.2 Å². The summed E-state index contributed by atoms with van der Waals surface area (Å²) in [5.74, 6) is 0.607. The van der Waals surface area contributed by atoms with Gasteiger partial charge in [0.05, 0.1) is 15.2 Å². The maximum atomic E-state index is 6.21. The van der Waals surface area contributed by atoms with Crippen LogP contribution in [0.2, 0.25) is 5.02 Å². The molecule has 100 valence electrons. The Balaban J connectivity index is 2.35. The molecule has 2 nitrogen and oxygen atoms in total. The van der Waals surface area contributed by atoms with Crippen molar-refractivity contribution < 1.29 is 0 Å². The molecule has 1 heterocycles. The van der Waals surface area contributed by atoms with Crippen molar-refractivity contribution in [2.75, 3.05) is 18.0 Å². The van der Waals surface area contributed by atoms with Crippen LogP contribution in [0.1, 0.15) is 20.8 Å². The van der Waals surface area contributed by atoms with Crippen LogP contribution in [0.4, 0.5) is 5.69 Å². The minimum atomic E-state index is 0.505. The molecule has 1 aliphatic heterocycles. The highest BCUT2D eigenvalue weighted by atomic mass is 79.9. The fraction of sp³-hybridized carbons (Fsp3) is 0.571. The molecule has 1 saturated heterocycles. The van der Waals surface area contributed by atoms with E-state index in [0.717, 1.165) is 22.6 Å². The number of rotatable bonds is 2. The Labute approximate surface area is 123 Å². The zero-order valence-electron chi connectivity index (χ0n) is 11.1. The molecule has 2 atom stereocenters. The summed E-state index contributed by atoms with van der Waals surface area (Å²) in [5.41, 5.74) is 1.20. The lowest BCUT2D eigenvalue weighted by atomic mass is 9.98. The lowest BCUT2D eigenvalue weighted by molar-refractivity contribution is 0.349. The monoisotopic (exact) mass is 330 g/mol. The molecule has 1 aliphatic rings. The molecule has 0 bridgehead atoms. The van der Waals surface area contributed by atoms with Gasteiger partial charge in [0, 0.05) is 25.2 Å². The zero-order valence-corrected chi connectivity index (χ0v) is 13.4. The van der Waals surface area contributed by atoms with Crippen LogP contribution in [0, 0.1) is 5.92 Å². The van der Waals surface area contributed by atoms with E-state index in [1.807, 2.05) is 12.1 Å². The number of piperazine rings is 1. The van der Waals surface area contributed by atoms with Crippen molar-refractivity contribution in [1.82, 2.24) is 5.32 Å². The highest BCUT2D eigenvalue weighted by molar-refractivity contribution is 9.10. The fourth-order valence-corrected chi connectivity index (χ4v) is 3.18. The number of nitrogens with zero attached hydrogens (tertiary/aromatic N) is 1. The minimum absolute atomic E-state index is 0.505.